The lowest BCUT2D eigenvalue weighted by Crippen LogP contribution is -2.33. The van der Waals surface area contributed by atoms with E-state index in [2.05, 4.69) is 5.16 Å². The van der Waals surface area contributed by atoms with Crippen LogP contribution >= 0.6 is 0 Å². The van der Waals surface area contributed by atoms with E-state index in [9.17, 15) is 9.59 Å². The molecule has 1 aliphatic rings. The summed E-state index contributed by atoms with van der Waals surface area (Å²) in [6.45, 7) is 5.60. The van der Waals surface area contributed by atoms with E-state index in [1.54, 1.807) is 19.9 Å². The first-order valence-electron chi connectivity index (χ1n) is 7.11. The lowest BCUT2D eigenvalue weighted by molar-refractivity contribution is -0.127. The Balaban J connectivity index is 1.87. The third-order valence-electron chi connectivity index (χ3n) is 3.76. The van der Waals surface area contributed by atoms with Crippen LogP contribution in [-0.4, -0.2) is 28.0 Å². The van der Waals surface area contributed by atoms with Gasteiger partial charge in [-0.1, -0.05) is 22.9 Å². The molecule has 6 heteroatoms. The van der Waals surface area contributed by atoms with Crippen molar-refractivity contribution < 1.29 is 14.1 Å². The van der Waals surface area contributed by atoms with Gasteiger partial charge in [0.25, 0.3) is 5.91 Å². The molecule has 3 rings (SSSR count). The minimum Gasteiger partial charge on any atom is -0.361 e. The molecular weight excluding hydrogens is 282 g/mol. The maximum absolute atomic E-state index is 12.6. The van der Waals surface area contributed by atoms with Crippen molar-refractivity contribution in [3.63, 3.8) is 0 Å². The highest BCUT2D eigenvalue weighted by Crippen LogP contribution is 2.27. The molecule has 3 amide bonds. The summed E-state index contributed by atoms with van der Waals surface area (Å²) in [6.07, 6.45) is 0. The van der Waals surface area contributed by atoms with Gasteiger partial charge >= 0.3 is 6.03 Å². The monoisotopic (exact) mass is 299 g/mol. The van der Waals surface area contributed by atoms with Crippen LogP contribution in [0.4, 0.5) is 10.5 Å². The molecule has 1 fully saturated rings. The SMILES string of the molecule is Cc1ccc(N2C(=O)N(Cc3cc(C)on3)C(=O)C2C)cc1. The molecule has 1 aromatic heterocycles. The van der Waals surface area contributed by atoms with Crippen molar-refractivity contribution in [1.82, 2.24) is 10.1 Å². The van der Waals surface area contributed by atoms with Crippen molar-refractivity contribution in [3.05, 3.63) is 47.3 Å². The van der Waals surface area contributed by atoms with Gasteiger partial charge in [-0.15, -0.1) is 0 Å². The van der Waals surface area contributed by atoms with Crippen molar-refractivity contribution in [2.24, 2.45) is 0 Å². The summed E-state index contributed by atoms with van der Waals surface area (Å²) in [7, 11) is 0. The van der Waals surface area contributed by atoms with Crippen LogP contribution in [0.5, 0.6) is 0 Å². The van der Waals surface area contributed by atoms with Gasteiger partial charge in [-0.05, 0) is 32.9 Å². The standard InChI is InChI=1S/C16H17N3O3/c1-10-4-6-14(7-5-10)19-12(3)15(20)18(16(19)21)9-13-8-11(2)22-17-13/h4-8,12H,9H2,1-3H3. The van der Waals surface area contributed by atoms with Crippen LogP contribution in [0.15, 0.2) is 34.9 Å². The van der Waals surface area contributed by atoms with Gasteiger partial charge in [-0.25, -0.2) is 4.79 Å². The molecule has 1 aromatic carbocycles. The van der Waals surface area contributed by atoms with Gasteiger partial charge in [-0.2, -0.15) is 0 Å². The number of aryl methyl sites for hydroxylation is 2. The third kappa shape index (κ3) is 2.36. The fourth-order valence-electron chi connectivity index (χ4n) is 2.57. The Bertz CT molecular complexity index is 720. The summed E-state index contributed by atoms with van der Waals surface area (Å²) in [5.74, 6) is 0.420. The van der Waals surface area contributed by atoms with E-state index in [4.69, 9.17) is 4.52 Å². The molecule has 0 N–H and O–H groups in total. The van der Waals surface area contributed by atoms with Crippen LogP contribution in [0, 0.1) is 13.8 Å². The smallest absolute Gasteiger partial charge is 0.332 e. The average Bonchev–Trinajstić information content (AvgIpc) is 2.98. The van der Waals surface area contributed by atoms with Gasteiger partial charge in [0, 0.05) is 11.8 Å². The number of hydrogen-bond acceptors (Lipinski definition) is 4. The van der Waals surface area contributed by atoms with E-state index < -0.39 is 6.04 Å². The largest absolute Gasteiger partial charge is 0.361 e. The molecule has 1 aliphatic heterocycles. The Hall–Kier alpha value is -2.63. The molecule has 1 unspecified atom stereocenters. The second-order valence-corrected chi connectivity index (χ2v) is 5.52. The molecule has 0 aliphatic carbocycles. The lowest BCUT2D eigenvalue weighted by Gasteiger charge is -2.19. The number of carbonyl (C=O) groups excluding carboxylic acids is 2. The molecule has 2 aromatic rings. The molecule has 0 bridgehead atoms. The summed E-state index contributed by atoms with van der Waals surface area (Å²) >= 11 is 0. The first-order chi connectivity index (χ1) is 10.5. The number of urea groups is 1. The van der Waals surface area contributed by atoms with Crippen LogP contribution in [-0.2, 0) is 11.3 Å². The first-order valence-corrected chi connectivity index (χ1v) is 7.11. The molecule has 2 heterocycles. The van der Waals surface area contributed by atoms with Crippen LogP contribution in [0.1, 0.15) is 23.9 Å². The number of anilines is 1. The van der Waals surface area contributed by atoms with E-state index in [0.717, 1.165) is 11.3 Å². The molecule has 0 spiro atoms. The summed E-state index contributed by atoms with van der Waals surface area (Å²) in [5.41, 5.74) is 2.39. The number of aromatic nitrogens is 1. The minimum absolute atomic E-state index is 0.127. The number of imide groups is 1. The Labute approximate surface area is 128 Å². The normalized spacial score (nSPS) is 18.4. The number of rotatable bonds is 3. The highest BCUT2D eigenvalue weighted by atomic mass is 16.5. The average molecular weight is 299 g/mol. The number of amides is 3. The quantitative estimate of drug-likeness (QED) is 0.817. The second kappa shape index (κ2) is 5.29. The van der Waals surface area contributed by atoms with Crippen LogP contribution in [0.25, 0.3) is 0 Å². The van der Waals surface area contributed by atoms with Gasteiger partial charge in [0.05, 0.1) is 6.54 Å². The van der Waals surface area contributed by atoms with Crippen LogP contribution < -0.4 is 4.90 Å². The zero-order chi connectivity index (χ0) is 15.9. The van der Waals surface area contributed by atoms with Crippen molar-refractivity contribution in [2.45, 2.75) is 33.4 Å². The van der Waals surface area contributed by atoms with Crippen LogP contribution in [0.2, 0.25) is 0 Å². The maximum atomic E-state index is 12.6. The number of hydrogen-bond donors (Lipinski definition) is 0. The van der Waals surface area contributed by atoms with E-state index >= 15 is 0 Å². The molecule has 1 saturated heterocycles. The number of nitrogens with zero attached hydrogens (tertiary/aromatic N) is 3. The Morgan fingerprint density at radius 3 is 2.45 bits per heavy atom. The summed E-state index contributed by atoms with van der Waals surface area (Å²) < 4.78 is 4.98. The predicted molar refractivity (Wildman–Crippen MR) is 80.3 cm³/mol. The van der Waals surface area contributed by atoms with Gasteiger partial charge in [0.15, 0.2) is 0 Å². The first kappa shape index (κ1) is 14.3. The molecule has 1 atom stereocenters. The van der Waals surface area contributed by atoms with E-state index in [1.165, 1.54) is 9.80 Å². The van der Waals surface area contributed by atoms with E-state index in [-0.39, 0.29) is 18.5 Å². The van der Waals surface area contributed by atoms with Crippen molar-refractivity contribution in [2.75, 3.05) is 4.90 Å². The summed E-state index contributed by atoms with van der Waals surface area (Å²) in [5, 5.41) is 3.84. The Morgan fingerprint density at radius 2 is 1.86 bits per heavy atom. The number of carbonyl (C=O) groups is 2. The zero-order valence-corrected chi connectivity index (χ0v) is 12.7. The lowest BCUT2D eigenvalue weighted by atomic mass is 10.2. The predicted octanol–water partition coefficient (Wildman–Crippen LogP) is 2.65. The zero-order valence-electron chi connectivity index (χ0n) is 12.7. The van der Waals surface area contributed by atoms with Gasteiger partial charge in [0.2, 0.25) is 0 Å². The topological polar surface area (TPSA) is 66.7 Å². The third-order valence-corrected chi connectivity index (χ3v) is 3.76. The van der Waals surface area contributed by atoms with Crippen molar-refractivity contribution >= 4 is 17.6 Å². The summed E-state index contributed by atoms with van der Waals surface area (Å²) in [6, 6.07) is 8.40. The van der Waals surface area contributed by atoms with Crippen molar-refractivity contribution in [1.29, 1.82) is 0 Å². The fourth-order valence-corrected chi connectivity index (χ4v) is 2.57. The van der Waals surface area contributed by atoms with E-state index in [1.807, 2.05) is 31.2 Å². The highest BCUT2D eigenvalue weighted by Gasteiger charge is 2.43. The van der Waals surface area contributed by atoms with E-state index in [0.29, 0.717) is 11.5 Å². The molecule has 0 radical (unpaired) electrons. The van der Waals surface area contributed by atoms with Gasteiger partial charge in [0.1, 0.15) is 17.5 Å². The minimum atomic E-state index is -0.525. The number of benzene rings is 1. The molecular formula is C16H17N3O3. The second-order valence-electron chi connectivity index (χ2n) is 5.52. The molecule has 0 saturated carbocycles. The summed E-state index contributed by atoms with van der Waals surface area (Å²) in [4.78, 5) is 27.7. The van der Waals surface area contributed by atoms with Gasteiger partial charge < -0.3 is 4.52 Å². The Morgan fingerprint density at radius 1 is 1.18 bits per heavy atom. The Kier molecular flexibility index (Phi) is 3.44. The maximum Gasteiger partial charge on any atom is 0.332 e. The molecule has 22 heavy (non-hydrogen) atoms. The molecule has 114 valence electrons. The molecule has 6 nitrogen and oxygen atoms in total. The van der Waals surface area contributed by atoms with Gasteiger partial charge in [-0.3, -0.25) is 14.6 Å². The fraction of sp³-hybridized carbons (Fsp3) is 0.312. The van der Waals surface area contributed by atoms with Crippen molar-refractivity contribution in [3.8, 4) is 0 Å². The van der Waals surface area contributed by atoms with Crippen LogP contribution in [0.3, 0.4) is 0 Å². The highest BCUT2D eigenvalue weighted by molar-refractivity contribution is 6.13.